The highest BCUT2D eigenvalue weighted by molar-refractivity contribution is 6.39. The number of aliphatic imine (C=N–C) groups is 1. The van der Waals surface area contributed by atoms with Gasteiger partial charge in [0.1, 0.15) is 0 Å². The van der Waals surface area contributed by atoms with Crippen molar-refractivity contribution in [3.05, 3.63) is 41.1 Å². The molecule has 0 saturated carbocycles. The van der Waals surface area contributed by atoms with Crippen LogP contribution in [-0.2, 0) is 0 Å². The minimum absolute atomic E-state index is 0.125. The smallest absolute Gasteiger partial charge is 0.203 e. The predicted octanol–water partition coefficient (Wildman–Crippen LogP) is 2.44. The van der Waals surface area contributed by atoms with Gasteiger partial charge in [-0.25, -0.2) is 4.98 Å². The molecule has 6 heteroatoms. The summed E-state index contributed by atoms with van der Waals surface area (Å²) in [7, 11) is 5.38. The first-order valence-corrected chi connectivity index (χ1v) is 7.17. The van der Waals surface area contributed by atoms with Gasteiger partial charge in [0.05, 0.1) is 17.0 Å². The molecule has 1 aliphatic rings. The summed E-state index contributed by atoms with van der Waals surface area (Å²) in [5.74, 6) is 0.537. The van der Waals surface area contributed by atoms with Crippen LogP contribution in [0.3, 0.4) is 0 Å². The van der Waals surface area contributed by atoms with Crippen molar-refractivity contribution in [1.29, 1.82) is 5.41 Å². The quantitative estimate of drug-likeness (QED) is 0.674. The minimum Gasteiger partial charge on any atom is -0.349 e. The van der Waals surface area contributed by atoms with E-state index in [2.05, 4.69) is 15.0 Å². The first kappa shape index (κ1) is 14.9. The van der Waals surface area contributed by atoms with Crippen LogP contribution in [-0.4, -0.2) is 49.3 Å². The zero-order valence-electron chi connectivity index (χ0n) is 13.2. The Hall–Kier alpha value is -3.02. The van der Waals surface area contributed by atoms with E-state index >= 15 is 0 Å². The van der Waals surface area contributed by atoms with Crippen molar-refractivity contribution in [2.45, 2.75) is 0 Å². The summed E-state index contributed by atoms with van der Waals surface area (Å²) in [5.41, 5.74) is 3.65. The zero-order valence-corrected chi connectivity index (χ0v) is 13.2. The molecule has 116 valence electrons. The second-order valence-electron chi connectivity index (χ2n) is 5.42. The summed E-state index contributed by atoms with van der Waals surface area (Å²) in [5, 5.41) is 7.64. The number of hydrogen-bond acceptors (Lipinski definition) is 5. The summed E-state index contributed by atoms with van der Waals surface area (Å²) >= 11 is 0. The number of Topliss-reactive ketones (excluding diaryl/α,β-unsaturated/α-hetero) is 1. The lowest BCUT2D eigenvalue weighted by atomic mass is 9.85. The Morgan fingerprint density at radius 3 is 2.61 bits per heavy atom. The molecule has 6 nitrogen and oxygen atoms in total. The maximum absolute atomic E-state index is 12.9. The fraction of sp³-hybridized carbons (Fsp3) is 0.176. The molecule has 0 atom stereocenters. The molecule has 23 heavy (non-hydrogen) atoms. The molecule has 1 heterocycles. The monoisotopic (exact) mass is 307 g/mol. The lowest BCUT2D eigenvalue weighted by molar-refractivity contribution is 0.105. The fourth-order valence-corrected chi connectivity index (χ4v) is 2.67. The maximum atomic E-state index is 12.9. The number of nitrogens with one attached hydrogen (secondary N) is 2. The Balaban J connectivity index is 2.39. The van der Waals surface area contributed by atoms with Gasteiger partial charge in [-0.15, -0.1) is 0 Å². The summed E-state index contributed by atoms with van der Waals surface area (Å²) < 4.78 is 0. The van der Waals surface area contributed by atoms with Crippen molar-refractivity contribution >= 4 is 29.7 Å². The minimum atomic E-state index is -0.125. The molecule has 1 aromatic carbocycles. The molecule has 1 aliphatic carbocycles. The van der Waals surface area contributed by atoms with Crippen LogP contribution in [0.5, 0.6) is 0 Å². The topological polar surface area (TPSA) is 85.2 Å². The fourth-order valence-electron chi connectivity index (χ4n) is 2.67. The number of aromatic amines is 1. The maximum Gasteiger partial charge on any atom is 0.203 e. The number of anilines is 1. The molecule has 3 rings (SSSR count). The highest BCUT2D eigenvalue weighted by Crippen LogP contribution is 2.39. The number of carbonyl (C=O) groups excluding carboxylic acids is 1. The number of H-pyrrole nitrogens is 1. The van der Waals surface area contributed by atoms with Crippen molar-refractivity contribution < 1.29 is 4.79 Å². The molecule has 2 N–H and O–H groups in total. The van der Waals surface area contributed by atoms with Gasteiger partial charge in [-0.1, -0.05) is 24.3 Å². The third-order valence-corrected chi connectivity index (χ3v) is 3.73. The van der Waals surface area contributed by atoms with Crippen LogP contribution >= 0.6 is 0 Å². The van der Waals surface area contributed by atoms with Gasteiger partial charge < -0.3 is 15.3 Å². The number of nitrogens with zero attached hydrogens (tertiary/aromatic N) is 3. The number of aromatic nitrogens is 2. The van der Waals surface area contributed by atoms with Gasteiger partial charge in [-0.05, 0) is 0 Å². The number of fused-ring (bicyclic) bond motifs is 3. The number of rotatable bonds is 3. The molecule has 0 saturated heterocycles. The van der Waals surface area contributed by atoms with Gasteiger partial charge in [-0.2, -0.15) is 0 Å². The number of hydrogen-bond donors (Lipinski definition) is 2. The van der Waals surface area contributed by atoms with E-state index in [9.17, 15) is 4.79 Å². The summed E-state index contributed by atoms with van der Waals surface area (Å²) in [6, 6.07) is 7.40. The molecule has 0 aliphatic heterocycles. The lowest BCUT2D eigenvalue weighted by Crippen LogP contribution is -2.14. The average molecular weight is 307 g/mol. The second kappa shape index (κ2) is 5.64. The molecule has 0 radical (unpaired) electrons. The van der Waals surface area contributed by atoms with Gasteiger partial charge in [0, 0.05) is 50.3 Å². The third-order valence-electron chi connectivity index (χ3n) is 3.73. The molecular formula is C17H17N5O. The van der Waals surface area contributed by atoms with Crippen LogP contribution in [0.15, 0.2) is 34.8 Å². The van der Waals surface area contributed by atoms with Crippen LogP contribution < -0.4 is 4.90 Å². The van der Waals surface area contributed by atoms with E-state index in [1.54, 1.807) is 13.1 Å². The van der Waals surface area contributed by atoms with Gasteiger partial charge in [0.2, 0.25) is 5.95 Å². The van der Waals surface area contributed by atoms with Gasteiger partial charge in [-0.3, -0.25) is 9.79 Å². The molecule has 0 amide bonds. The van der Waals surface area contributed by atoms with Gasteiger partial charge in [0.15, 0.2) is 5.78 Å². The predicted molar refractivity (Wildman–Crippen MR) is 92.8 cm³/mol. The lowest BCUT2D eigenvalue weighted by Gasteiger charge is -2.17. The van der Waals surface area contributed by atoms with Crippen molar-refractivity contribution in [2.24, 2.45) is 4.99 Å². The van der Waals surface area contributed by atoms with Crippen molar-refractivity contribution in [3.63, 3.8) is 0 Å². The van der Waals surface area contributed by atoms with E-state index in [0.29, 0.717) is 28.4 Å². The molecular weight excluding hydrogens is 290 g/mol. The molecule has 1 aromatic heterocycles. The van der Waals surface area contributed by atoms with E-state index in [0.717, 1.165) is 17.5 Å². The highest BCUT2D eigenvalue weighted by Gasteiger charge is 2.32. The van der Waals surface area contributed by atoms with E-state index in [-0.39, 0.29) is 5.78 Å². The summed E-state index contributed by atoms with van der Waals surface area (Å²) in [4.78, 5) is 26.6. The number of carbonyl (C=O) groups is 1. The highest BCUT2D eigenvalue weighted by atomic mass is 16.1. The number of imidazole rings is 1. The SMILES string of the molecule is CN=CC(C=N)=C1C(=O)c2ccccc2-c2nc(N(C)C)[nH]c21. The molecule has 2 aromatic rings. The van der Waals surface area contributed by atoms with Gasteiger partial charge in [0.25, 0.3) is 0 Å². The Morgan fingerprint density at radius 1 is 1.30 bits per heavy atom. The van der Waals surface area contributed by atoms with Crippen molar-refractivity contribution in [3.8, 4) is 11.3 Å². The molecule has 0 fully saturated rings. The van der Waals surface area contributed by atoms with Gasteiger partial charge >= 0.3 is 0 Å². The second-order valence-corrected chi connectivity index (χ2v) is 5.42. The first-order chi connectivity index (χ1) is 11.1. The Kier molecular flexibility index (Phi) is 3.65. The zero-order chi connectivity index (χ0) is 16.6. The Labute approximate surface area is 134 Å². The largest absolute Gasteiger partial charge is 0.349 e. The van der Waals surface area contributed by atoms with Crippen molar-refractivity contribution in [2.75, 3.05) is 26.0 Å². The Morgan fingerprint density at radius 2 is 2.00 bits per heavy atom. The van der Waals surface area contributed by atoms with E-state index in [1.165, 1.54) is 6.21 Å². The van der Waals surface area contributed by atoms with Crippen LogP contribution in [0, 0.1) is 5.41 Å². The summed E-state index contributed by atoms with van der Waals surface area (Å²) in [6.07, 6.45) is 2.67. The molecule has 0 spiro atoms. The van der Waals surface area contributed by atoms with Crippen molar-refractivity contribution in [1.82, 2.24) is 9.97 Å². The average Bonchev–Trinajstić information content (AvgIpc) is 2.99. The molecule has 0 bridgehead atoms. The number of allylic oxidation sites excluding steroid dienone is 2. The number of benzene rings is 1. The summed E-state index contributed by atoms with van der Waals surface area (Å²) in [6.45, 7) is 0. The van der Waals surface area contributed by atoms with E-state index in [4.69, 9.17) is 5.41 Å². The van der Waals surface area contributed by atoms with Crippen LogP contribution in [0.25, 0.3) is 16.8 Å². The third kappa shape index (κ3) is 2.28. The molecule has 0 unspecified atom stereocenters. The van der Waals surface area contributed by atoms with E-state index < -0.39 is 0 Å². The first-order valence-electron chi connectivity index (χ1n) is 7.17. The van der Waals surface area contributed by atoms with E-state index in [1.807, 2.05) is 37.2 Å². The van der Waals surface area contributed by atoms with Crippen LogP contribution in [0.1, 0.15) is 16.1 Å². The normalized spacial score (nSPS) is 15.3. The van der Waals surface area contributed by atoms with Crippen LogP contribution in [0.2, 0.25) is 0 Å². The van der Waals surface area contributed by atoms with Crippen LogP contribution in [0.4, 0.5) is 5.95 Å². The number of ketones is 1. The Bertz CT molecular complexity index is 858. The standard InChI is InChI=1S/C17H17N5O/c1-19-9-10(8-18)13-15-14(20-17(21-15)22(2)3)11-6-4-5-7-12(11)16(13)23/h4-9,18H,1-3H3,(H,20,21).